The largest absolute Gasteiger partial charge is 0.323 e. The van der Waals surface area contributed by atoms with Crippen molar-refractivity contribution in [3.63, 3.8) is 0 Å². The number of aromatic nitrogens is 2. The van der Waals surface area contributed by atoms with Gasteiger partial charge in [0, 0.05) is 12.3 Å². The smallest absolute Gasteiger partial charge is 0.320 e. The van der Waals surface area contributed by atoms with E-state index in [-0.39, 0.29) is 28.4 Å². The van der Waals surface area contributed by atoms with Gasteiger partial charge >= 0.3 is 5.88 Å². The molecule has 29 heavy (non-hydrogen) atoms. The number of hydrogen-bond acceptors (Lipinski definition) is 10. The highest BCUT2D eigenvalue weighted by Gasteiger charge is 2.34. The lowest BCUT2D eigenvalue weighted by molar-refractivity contribution is 0.248. The molecule has 3 rings (SSSR count). The second-order valence-corrected chi connectivity index (χ2v) is 8.01. The van der Waals surface area contributed by atoms with Crippen molar-refractivity contribution in [1.29, 1.82) is 0 Å². The first-order valence-corrected chi connectivity index (χ1v) is 10.6. The molecular formula is C14H12BrFN6O5S2. The van der Waals surface area contributed by atoms with Crippen LogP contribution in [0.15, 0.2) is 43.4 Å². The Labute approximate surface area is 178 Å². The Balaban J connectivity index is 1.84. The first-order valence-electron chi connectivity index (χ1n) is 7.73. The SMILES string of the molecule is CNN(CCSc1nonc1C1=NOC(=C=O)N1c1ccc(F)c(Br)c1)S(=O)O. The third kappa shape index (κ3) is 4.72. The minimum Gasteiger partial charge on any atom is -0.323 e. The Morgan fingerprint density at radius 1 is 1.48 bits per heavy atom. The average Bonchev–Trinajstić information content (AvgIpc) is 3.33. The molecule has 0 radical (unpaired) electrons. The number of carbonyl (C=O) groups excluding carboxylic acids is 1. The zero-order valence-electron chi connectivity index (χ0n) is 14.5. The van der Waals surface area contributed by atoms with E-state index < -0.39 is 17.1 Å². The number of oxime groups is 1. The molecular weight excluding hydrogens is 495 g/mol. The fraction of sp³-hybridized carbons (Fsp3) is 0.214. The van der Waals surface area contributed by atoms with Gasteiger partial charge in [0.15, 0.2) is 16.7 Å². The van der Waals surface area contributed by atoms with Crippen LogP contribution in [-0.4, -0.2) is 54.6 Å². The number of nitrogens with zero attached hydrogens (tertiary/aromatic N) is 5. The Kier molecular flexibility index (Phi) is 7.13. The highest BCUT2D eigenvalue weighted by atomic mass is 79.9. The minimum absolute atomic E-state index is 0.0850. The van der Waals surface area contributed by atoms with E-state index in [1.165, 1.54) is 41.9 Å². The van der Waals surface area contributed by atoms with Gasteiger partial charge in [-0.2, -0.15) is 0 Å². The Hall–Kier alpha value is -2.13. The van der Waals surface area contributed by atoms with Crippen molar-refractivity contribution in [2.45, 2.75) is 5.03 Å². The standard InChI is InChI=1S/C14H12BrFN6O5S2/c1-17-21(29(24)25)4-5-28-14-12(18-27-20-14)13-19-26-11(7-23)22(13)8-2-3-10(16)9(15)6-8/h2-3,6,17H,4-5H2,1H3,(H,24,25). The zero-order chi connectivity index (χ0) is 21.0. The molecule has 1 aromatic carbocycles. The number of nitrogens with one attached hydrogen (secondary N) is 1. The molecule has 154 valence electrons. The summed E-state index contributed by atoms with van der Waals surface area (Å²) in [6.07, 6.45) is 0. The molecule has 0 spiro atoms. The molecule has 11 nitrogen and oxygen atoms in total. The number of anilines is 1. The predicted molar refractivity (Wildman–Crippen MR) is 105 cm³/mol. The molecule has 1 aromatic heterocycles. The summed E-state index contributed by atoms with van der Waals surface area (Å²) in [6.45, 7) is 0.202. The molecule has 15 heteroatoms. The maximum absolute atomic E-state index is 13.6. The van der Waals surface area contributed by atoms with Gasteiger partial charge in [0.25, 0.3) is 0 Å². The van der Waals surface area contributed by atoms with Crippen LogP contribution in [0.2, 0.25) is 0 Å². The van der Waals surface area contributed by atoms with Crippen LogP contribution in [-0.2, 0) is 20.9 Å². The number of hydrazine groups is 1. The van der Waals surface area contributed by atoms with Crippen LogP contribution in [0.4, 0.5) is 10.1 Å². The fourth-order valence-electron chi connectivity index (χ4n) is 2.25. The van der Waals surface area contributed by atoms with Crippen molar-refractivity contribution >= 4 is 56.4 Å². The van der Waals surface area contributed by atoms with Crippen molar-refractivity contribution in [3.8, 4) is 0 Å². The lowest BCUT2D eigenvalue weighted by Gasteiger charge is -2.17. The molecule has 0 amide bonds. The quantitative estimate of drug-likeness (QED) is 0.234. The second-order valence-electron chi connectivity index (χ2n) is 5.17. The lowest BCUT2D eigenvalue weighted by Crippen LogP contribution is -2.38. The maximum atomic E-state index is 13.6. The molecule has 1 aliphatic rings. The molecule has 1 unspecified atom stereocenters. The van der Waals surface area contributed by atoms with Gasteiger partial charge in [-0.3, -0.25) is 4.55 Å². The maximum Gasteiger partial charge on any atom is 0.320 e. The van der Waals surface area contributed by atoms with Gasteiger partial charge in [0.2, 0.25) is 17.1 Å². The summed E-state index contributed by atoms with van der Waals surface area (Å²) in [5, 5.41) is 11.8. The van der Waals surface area contributed by atoms with Gasteiger partial charge in [-0.25, -0.2) is 28.3 Å². The van der Waals surface area contributed by atoms with E-state index in [9.17, 15) is 13.4 Å². The fourth-order valence-corrected chi connectivity index (χ4v) is 3.95. The molecule has 0 saturated heterocycles. The second kappa shape index (κ2) is 9.58. The predicted octanol–water partition coefficient (Wildman–Crippen LogP) is 1.51. The van der Waals surface area contributed by atoms with E-state index in [1.54, 1.807) is 5.94 Å². The number of rotatable bonds is 8. The normalized spacial score (nSPS) is 14.7. The molecule has 0 saturated carbocycles. The van der Waals surface area contributed by atoms with Crippen LogP contribution < -0.4 is 10.3 Å². The van der Waals surface area contributed by atoms with Crippen LogP contribution in [0.5, 0.6) is 0 Å². The first-order chi connectivity index (χ1) is 14.0. The topological polar surface area (TPSA) is 133 Å². The summed E-state index contributed by atoms with van der Waals surface area (Å²) in [6, 6.07) is 4.05. The van der Waals surface area contributed by atoms with Crippen molar-refractivity contribution < 1.29 is 27.4 Å². The van der Waals surface area contributed by atoms with Gasteiger partial charge in [-0.05, 0) is 51.5 Å². The Morgan fingerprint density at radius 3 is 2.93 bits per heavy atom. The van der Waals surface area contributed by atoms with Crippen LogP contribution >= 0.6 is 27.7 Å². The molecule has 2 N–H and O–H groups in total. The van der Waals surface area contributed by atoms with E-state index in [1.807, 2.05) is 0 Å². The molecule has 0 aliphatic carbocycles. The Morgan fingerprint density at radius 2 is 2.28 bits per heavy atom. The summed E-state index contributed by atoms with van der Waals surface area (Å²) in [5.41, 5.74) is 3.11. The van der Waals surface area contributed by atoms with Crippen molar-refractivity contribution in [2.75, 3.05) is 24.2 Å². The third-order valence-corrected chi connectivity index (χ3v) is 5.80. The lowest BCUT2D eigenvalue weighted by atomic mass is 10.2. The number of thioether (sulfide) groups is 1. The minimum atomic E-state index is -2.18. The molecule has 0 fully saturated rings. The summed E-state index contributed by atoms with van der Waals surface area (Å²) in [5.74, 6) is 1.30. The number of amidine groups is 1. The molecule has 2 heterocycles. The van der Waals surface area contributed by atoms with Crippen molar-refractivity contribution in [2.24, 2.45) is 5.16 Å². The Bertz CT molecular complexity index is 1010. The first kappa shape index (κ1) is 21.6. The van der Waals surface area contributed by atoms with Crippen LogP contribution in [0, 0.1) is 5.82 Å². The molecule has 1 atom stereocenters. The van der Waals surface area contributed by atoms with Crippen LogP contribution in [0.1, 0.15) is 5.69 Å². The van der Waals surface area contributed by atoms with Crippen molar-refractivity contribution in [3.05, 3.63) is 40.1 Å². The number of hydrogen-bond donors (Lipinski definition) is 2. The highest BCUT2D eigenvalue weighted by Crippen LogP contribution is 2.32. The third-order valence-electron chi connectivity index (χ3n) is 3.52. The molecule has 1 aliphatic heterocycles. The van der Waals surface area contributed by atoms with Crippen molar-refractivity contribution in [1.82, 2.24) is 20.2 Å². The van der Waals surface area contributed by atoms with E-state index in [0.717, 1.165) is 4.41 Å². The summed E-state index contributed by atoms with van der Waals surface area (Å²) >= 11 is 2.08. The van der Waals surface area contributed by atoms with Gasteiger partial charge < -0.3 is 4.84 Å². The average molecular weight is 507 g/mol. The van der Waals surface area contributed by atoms with E-state index in [2.05, 4.69) is 36.8 Å². The van der Waals surface area contributed by atoms with Gasteiger partial charge in [0.1, 0.15) is 5.82 Å². The van der Waals surface area contributed by atoms with Gasteiger partial charge in [0.05, 0.1) is 10.2 Å². The van der Waals surface area contributed by atoms with Crippen LogP contribution in [0.25, 0.3) is 0 Å². The summed E-state index contributed by atoms with van der Waals surface area (Å²) in [7, 11) is 1.51. The number of benzene rings is 1. The van der Waals surface area contributed by atoms with E-state index in [4.69, 9.17) is 14.0 Å². The van der Waals surface area contributed by atoms with Gasteiger partial charge in [-0.1, -0.05) is 16.9 Å². The highest BCUT2D eigenvalue weighted by molar-refractivity contribution is 9.10. The molecule has 0 bridgehead atoms. The van der Waals surface area contributed by atoms with E-state index in [0.29, 0.717) is 16.5 Å². The van der Waals surface area contributed by atoms with E-state index >= 15 is 0 Å². The number of halogens is 2. The monoisotopic (exact) mass is 506 g/mol. The van der Waals surface area contributed by atoms with Gasteiger partial charge in [-0.15, -0.1) is 4.41 Å². The molecule has 2 aromatic rings. The summed E-state index contributed by atoms with van der Waals surface area (Å²) < 4.78 is 39.9. The zero-order valence-corrected chi connectivity index (χ0v) is 17.8. The van der Waals surface area contributed by atoms with Crippen LogP contribution in [0.3, 0.4) is 0 Å². The summed E-state index contributed by atoms with van der Waals surface area (Å²) in [4.78, 5) is 17.6.